The van der Waals surface area contributed by atoms with Crippen LogP contribution in [0.25, 0.3) is 0 Å². The van der Waals surface area contributed by atoms with Crippen molar-refractivity contribution in [1.29, 1.82) is 0 Å². The summed E-state index contributed by atoms with van der Waals surface area (Å²) in [5, 5.41) is 10.8. The molecule has 0 spiro atoms. The summed E-state index contributed by atoms with van der Waals surface area (Å²) in [5.41, 5.74) is -0.661. The van der Waals surface area contributed by atoms with Crippen LogP contribution in [-0.4, -0.2) is 58.5 Å². The fraction of sp³-hybridized carbons (Fsp3) is 0.579. The van der Waals surface area contributed by atoms with Crippen LogP contribution in [0.15, 0.2) is 24.3 Å². The summed E-state index contributed by atoms with van der Waals surface area (Å²) in [6.07, 6.45) is -0.371. The van der Waals surface area contributed by atoms with Crippen LogP contribution in [0.3, 0.4) is 0 Å². The number of hydrogen-bond acceptors (Lipinski definition) is 5. The number of nitrogens with zero attached hydrogens (tertiary/aromatic N) is 3. The Hall–Kier alpha value is -2.64. The summed E-state index contributed by atoms with van der Waals surface area (Å²) in [4.78, 5) is 38.8. The van der Waals surface area contributed by atoms with Crippen molar-refractivity contribution >= 4 is 17.7 Å². The lowest BCUT2D eigenvalue weighted by atomic mass is 9.83. The quantitative estimate of drug-likeness (QED) is 0.596. The fourth-order valence-corrected chi connectivity index (χ4v) is 2.94. The minimum atomic E-state index is -0.816. The molecule has 1 aromatic carbocycles. The summed E-state index contributed by atoms with van der Waals surface area (Å²) in [5.74, 6) is -0.0693. The molecule has 27 heavy (non-hydrogen) atoms. The van der Waals surface area contributed by atoms with Gasteiger partial charge in [-0.1, -0.05) is 12.1 Å². The first kappa shape index (κ1) is 20.7. The van der Waals surface area contributed by atoms with Crippen LogP contribution in [0.4, 0.5) is 10.5 Å². The summed E-state index contributed by atoms with van der Waals surface area (Å²) in [6, 6.07) is 6.05. The van der Waals surface area contributed by atoms with Crippen molar-refractivity contribution in [3.63, 3.8) is 0 Å². The molecule has 1 fully saturated rings. The van der Waals surface area contributed by atoms with Gasteiger partial charge in [0.05, 0.1) is 10.3 Å². The monoisotopic (exact) mass is 377 g/mol. The summed E-state index contributed by atoms with van der Waals surface area (Å²) < 4.78 is 5.37. The third-order valence-electron chi connectivity index (χ3n) is 4.55. The lowest BCUT2D eigenvalue weighted by Crippen LogP contribution is -2.54. The molecule has 1 saturated heterocycles. The molecular weight excluding hydrogens is 350 g/mol. The van der Waals surface area contributed by atoms with E-state index >= 15 is 0 Å². The molecule has 0 aliphatic carbocycles. The van der Waals surface area contributed by atoms with Gasteiger partial charge in [-0.15, -0.1) is 0 Å². The second kappa shape index (κ2) is 7.54. The fourth-order valence-electron chi connectivity index (χ4n) is 2.94. The van der Waals surface area contributed by atoms with Gasteiger partial charge < -0.3 is 14.5 Å². The maximum absolute atomic E-state index is 13.0. The highest BCUT2D eigenvalue weighted by Gasteiger charge is 2.36. The normalized spacial score (nSPS) is 15.4. The SMILES string of the molecule is CC(C)(C)OC(=O)N1CCN(C(=O)C(C)(C)c2ccc([N+](=O)[O-])cc2)CC1. The Morgan fingerprint density at radius 3 is 1.89 bits per heavy atom. The van der Waals surface area contributed by atoms with Gasteiger partial charge in [0.25, 0.3) is 5.69 Å². The van der Waals surface area contributed by atoms with E-state index in [2.05, 4.69) is 0 Å². The predicted molar refractivity (Wildman–Crippen MR) is 101 cm³/mol. The molecule has 1 heterocycles. The van der Waals surface area contributed by atoms with Crippen LogP contribution in [0.5, 0.6) is 0 Å². The van der Waals surface area contributed by atoms with Crippen molar-refractivity contribution in [1.82, 2.24) is 9.80 Å². The van der Waals surface area contributed by atoms with Gasteiger partial charge in [-0.25, -0.2) is 4.79 Å². The van der Waals surface area contributed by atoms with Crippen LogP contribution in [0, 0.1) is 10.1 Å². The topological polar surface area (TPSA) is 93.0 Å². The Labute approximate surface area is 159 Å². The standard InChI is InChI=1S/C19H27N3O5/c1-18(2,3)27-17(24)21-12-10-20(11-13-21)16(23)19(4,5)14-6-8-15(9-7-14)22(25)26/h6-9H,10-13H2,1-5H3. The highest BCUT2D eigenvalue weighted by atomic mass is 16.6. The first-order valence-electron chi connectivity index (χ1n) is 8.94. The zero-order valence-corrected chi connectivity index (χ0v) is 16.5. The predicted octanol–water partition coefficient (Wildman–Crippen LogP) is 2.95. The molecular formula is C19H27N3O5. The van der Waals surface area contributed by atoms with Crippen molar-refractivity contribution < 1.29 is 19.2 Å². The molecule has 148 valence electrons. The summed E-state index contributed by atoms with van der Waals surface area (Å²) in [6.45, 7) is 10.7. The van der Waals surface area contributed by atoms with E-state index in [9.17, 15) is 19.7 Å². The smallest absolute Gasteiger partial charge is 0.410 e. The van der Waals surface area contributed by atoms with Crippen LogP contribution in [0.1, 0.15) is 40.2 Å². The molecule has 0 atom stereocenters. The van der Waals surface area contributed by atoms with E-state index in [0.29, 0.717) is 31.7 Å². The van der Waals surface area contributed by atoms with E-state index in [1.807, 2.05) is 20.8 Å². The van der Waals surface area contributed by atoms with Crippen LogP contribution in [-0.2, 0) is 14.9 Å². The van der Waals surface area contributed by atoms with Gasteiger partial charge in [0.2, 0.25) is 5.91 Å². The average molecular weight is 377 g/mol. The van der Waals surface area contributed by atoms with Gasteiger partial charge in [0.15, 0.2) is 0 Å². The minimum absolute atomic E-state index is 0.00651. The first-order chi connectivity index (χ1) is 12.4. The Bertz CT molecular complexity index is 714. The number of non-ortho nitro benzene ring substituents is 1. The molecule has 1 aromatic rings. The Morgan fingerprint density at radius 1 is 0.963 bits per heavy atom. The van der Waals surface area contributed by atoms with Gasteiger partial charge in [-0.3, -0.25) is 14.9 Å². The minimum Gasteiger partial charge on any atom is -0.444 e. The second-order valence-corrected chi connectivity index (χ2v) is 8.19. The Morgan fingerprint density at radius 2 is 1.44 bits per heavy atom. The maximum Gasteiger partial charge on any atom is 0.410 e. The highest BCUT2D eigenvalue weighted by Crippen LogP contribution is 2.28. The molecule has 8 heteroatoms. The molecule has 8 nitrogen and oxygen atoms in total. The van der Waals surface area contributed by atoms with E-state index < -0.39 is 15.9 Å². The number of benzene rings is 1. The second-order valence-electron chi connectivity index (χ2n) is 8.19. The molecule has 0 aromatic heterocycles. The maximum atomic E-state index is 13.0. The van der Waals surface area contributed by atoms with Crippen LogP contribution >= 0.6 is 0 Å². The number of nitro groups is 1. The molecule has 0 unspecified atom stereocenters. The van der Waals surface area contributed by atoms with Gasteiger partial charge in [0, 0.05) is 38.3 Å². The van der Waals surface area contributed by atoms with E-state index in [0.717, 1.165) is 0 Å². The molecule has 0 radical (unpaired) electrons. The molecule has 0 N–H and O–H groups in total. The number of piperazine rings is 1. The zero-order valence-electron chi connectivity index (χ0n) is 16.5. The van der Waals surface area contributed by atoms with E-state index in [1.54, 1.807) is 35.8 Å². The van der Waals surface area contributed by atoms with Crippen LogP contribution < -0.4 is 0 Å². The molecule has 2 rings (SSSR count). The molecule has 1 aliphatic rings. The number of ether oxygens (including phenoxy) is 1. The lowest BCUT2D eigenvalue weighted by molar-refractivity contribution is -0.384. The van der Waals surface area contributed by atoms with Crippen LogP contribution in [0.2, 0.25) is 0 Å². The van der Waals surface area contributed by atoms with E-state index in [1.165, 1.54) is 12.1 Å². The Kier molecular flexibility index (Phi) is 5.77. The number of hydrogen-bond donors (Lipinski definition) is 0. The Balaban J connectivity index is 2.01. The largest absolute Gasteiger partial charge is 0.444 e. The number of carbonyl (C=O) groups is 2. The van der Waals surface area contributed by atoms with Gasteiger partial charge in [-0.2, -0.15) is 0 Å². The zero-order chi connectivity index (χ0) is 20.4. The molecule has 0 bridgehead atoms. The summed E-state index contributed by atoms with van der Waals surface area (Å²) >= 11 is 0. The number of carbonyl (C=O) groups excluding carboxylic acids is 2. The first-order valence-corrected chi connectivity index (χ1v) is 8.94. The van der Waals surface area contributed by atoms with E-state index in [-0.39, 0.29) is 17.7 Å². The van der Waals surface area contributed by atoms with Gasteiger partial charge >= 0.3 is 6.09 Å². The van der Waals surface area contributed by atoms with Crippen molar-refractivity contribution in [3.05, 3.63) is 39.9 Å². The van der Waals surface area contributed by atoms with Gasteiger partial charge in [-0.05, 0) is 40.2 Å². The van der Waals surface area contributed by atoms with Crippen molar-refractivity contribution in [2.75, 3.05) is 26.2 Å². The summed E-state index contributed by atoms with van der Waals surface area (Å²) in [7, 11) is 0. The lowest BCUT2D eigenvalue weighted by Gasteiger charge is -2.39. The van der Waals surface area contributed by atoms with Gasteiger partial charge in [0.1, 0.15) is 5.60 Å². The number of amides is 2. The third-order valence-corrected chi connectivity index (χ3v) is 4.55. The number of nitro benzene ring substituents is 1. The van der Waals surface area contributed by atoms with E-state index in [4.69, 9.17) is 4.74 Å². The van der Waals surface area contributed by atoms with Crippen molar-refractivity contribution in [3.8, 4) is 0 Å². The highest BCUT2D eigenvalue weighted by molar-refractivity contribution is 5.87. The molecule has 2 amide bonds. The van der Waals surface area contributed by atoms with Crippen molar-refractivity contribution in [2.24, 2.45) is 0 Å². The molecule has 1 aliphatic heterocycles. The average Bonchev–Trinajstić information content (AvgIpc) is 2.59. The third kappa shape index (κ3) is 4.96. The molecule has 0 saturated carbocycles. The number of rotatable bonds is 3. The van der Waals surface area contributed by atoms with Crippen molar-refractivity contribution in [2.45, 2.75) is 45.6 Å².